The highest BCUT2D eigenvalue weighted by molar-refractivity contribution is 5.80. The van der Waals surface area contributed by atoms with E-state index in [9.17, 15) is 4.79 Å². The molecule has 2 atom stereocenters. The largest absolute Gasteiger partial charge is 0.479 e. The van der Waals surface area contributed by atoms with Gasteiger partial charge in [0.05, 0.1) is 6.20 Å². The van der Waals surface area contributed by atoms with Gasteiger partial charge in [-0.2, -0.15) is 0 Å². The van der Waals surface area contributed by atoms with Crippen molar-refractivity contribution in [3.8, 4) is 5.75 Å². The summed E-state index contributed by atoms with van der Waals surface area (Å²) in [5.74, 6) is 0.499. The monoisotopic (exact) mass is 293 g/mol. The summed E-state index contributed by atoms with van der Waals surface area (Å²) >= 11 is 0. The van der Waals surface area contributed by atoms with E-state index in [-0.39, 0.29) is 18.0 Å². The maximum Gasteiger partial charge on any atom is 0.260 e. The zero-order chi connectivity index (χ0) is 15.8. The Bertz CT molecular complexity index is 428. The van der Waals surface area contributed by atoms with Gasteiger partial charge in [-0.3, -0.25) is 9.78 Å². The normalized spacial score (nSPS) is 13.8. The van der Waals surface area contributed by atoms with E-state index >= 15 is 0 Å². The second kappa shape index (κ2) is 8.62. The molecule has 1 amide bonds. The van der Waals surface area contributed by atoms with Crippen LogP contribution in [0.4, 0.5) is 0 Å². The van der Waals surface area contributed by atoms with E-state index in [4.69, 9.17) is 10.5 Å². The van der Waals surface area contributed by atoms with Crippen LogP contribution in [0.2, 0.25) is 0 Å². The predicted octanol–water partition coefficient (Wildman–Crippen LogP) is 2.04. The summed E-state index contributed by atoms with van der Waals surface area (Å²) in [5.41, 5.74) is 6.65. The van der Waals surface area contributed by atoms with Crippen LogP contribution in [0, 0.1) is 0 Å². The lowest BCUT2D eigenvalue weighted by Gasteiger charge is -2.19. The molecule has 0 bridgehead atoms. The molecule has 0 saturated heterocycles. The highest BCUT2D eigenvalue weighted by Gasteiger charge is 2.17. The molecule has 1 aromatic rings. The van der Waals surface area contributed by atoms with E-state index in [2.05, 4.69) is 24.1 Å². The molecule has 0 fully saturated rings. The van der Waals surface area contributed by atoms with Crippen molar-refractivity contribution in [2.24, 2.45) is 5.73 Å². The molecule has 0 radical (unpaired) electrons. The molecule has 0 saturated carbocycles. The van der Waals surface area contributed by atoms with Gasteiger partial charge >= 0.3 is 0 Å². The molecule has 5 heteroatoms. The molecule has 1 heterocycles. The zero-order valence-electron chi connectivity index (χ0n) is 13.4. The Morgan fingerprint density at radius 1 is 1.33 bits per heavy atom. The molecular formula is C16H27N3O2. The highest BCUT2D eigenvalue weighted by atomic mass is 16.5. The number of carbonyl (C=O) groups excluding carboxylic acids is 1. The van der Waals surface area contributed by atoms with Gasteiger partial charge < -0.3 is 15.8 Å². The average molecular weight is 293 g/mol. The molecule has 0 aromatic carbocycles. The maximum atomic E-state index is 12.0. The summed E-state index contributed by atoms with van der Waals surface area (Å²) in [4.78, 5) is 16.3. The molecule has 1 rings (SSSR count). The van der Waals surface area contributed by atoms with E-state index in [0.717, 1.165) is 25.0 Å². The number of pyridine rings is 1. The molecule has 0 aliphatic rings. The number of amides is 1. The van der Waals surface area contributed by atoms with Gasteiger partial charge in [0, 0.05) is 24.2 Å². The first-order valence-electron chi connectivity index (χ1n) is 7.63. The van der Waals surface area contributed by atoms with Crippen molar-refractivity contribution in [3.05, 3.63) is 24.0 Å². The topological polar surface area (TPSA) is 77.2 Å². The van der Waals surface area contributed by atoms with Gasteiger partial charge in [0.25, 0.3) is 5.91 Å². The van der Waals surface area contributed by atoms with Crippen molar-refractivity contribution >= 4 is 5.91 Å². The molecule has 0 aliphatic heterocycles. The van der Waals surface area contributed by atoms with Crippen LogP contribution in [0.1, 0.15) is 46.2 Å². The van der Waals surface area contributed by atoms with Crippen LogP contribution in [0.25, 0.3) is 0 Å². The third-order valence-electron chi connectivity index (χ3n) is 3.34. The van der Waals surface area contributed by atoms with Gasteiger partial charge in [0.1, 0.15) is 5.75 Å². The van der Waals surface area contributed by atoms with Crippen molar-refractivity contribution in [1.82, 2.24) is 10.3 Å². The van der Waals surface area contributed by atoms with Gasteiger partial charge in [0.15, 0.2) is 6.10 Å². The molecular weight excluding hydrogens is 266 g/mol. The number of hydrogen-bond donors (Lipinski definition) is 2. The Balaban J connectivity index is 2.53. The van der Waals surface area contributed by atoms with Crippen molar-refractivity contribution in [2.75, 3.05) is 0 Å². The lowest BCUT2D eigenvalue weighted by atomic mass is 10.1. The number of nitrogens with zero attached hydrogens (tertiary/aromatic N) is 1. The molecule has 1 aromatic heterocycles. The fraction of sp³-hybridized carbons (Fsp3) is 0.625. The zero-order valence-corrected chi connectivity index (χ0v) is 13.4. The van der Waals surface area contributed by atoms with Crippen LogP contribution >= 0.6 is 0 Å². The van der Waals surface area contributed by atoms with Gasteiger partial charge in [-0.15, -0.1) is 0 Å². The van der Waals surface area contributed by atoms with Crippen molar-refractivity contribution in [2.45, 2.75) is 65.1 Å². The summed E-state index contributed by atoms with van der Waals surface area (Å²) in [6, 6.07) is 3.99. The fourth-order valence-corrected chi connectivity index (χ4v) is 2.00. The fourth-order valence-electron chi connectivity index (χ4n) is 2.00. The second-order valence-electron chi connectivity index (χ2n) is 5.45. The number of aromatic nitrogens is 1. The highest BCUT2D eigenvalue weighted by Crippen LogP contribution is 2.12. The number of nitrogens with two attached hydrogens (primary N) is 1. The lowest BCUT2D eigenvalue weighted by molar-refractivity contribution is -0.128. The third kappa shape index (κ3) is 6.12. The quantitative estimate of drug-likeness (QED) is 0.769. The summed E-state index contributed by atoms with van der Waals surface area (Å²) < 4.78 is 5.62. The Morgan fingerprint density at radius 3 is 2.48 bits per heavy atom. The molecule has 3 N–H and O–H groups in total. The first-order valence-corrected chi connectivity index (χ1v) is 7.63. The first kappa shape index (κ1) is 17.4. The number of rotatable bonds is 8. The second-order valence-corrected chi connectivity index (χ2v) is 5.45. The summed E-state index contributed by atoms with van der Waals surface area (Å²) in [6.45, 7) is 7.80. The van der Waals surface area contributed by atoms with Crippen LogP contribution < -0.4 is 15.8 Å². The Labute approximate surface area is 127 Å². The van der Waals surface area contributed by atoms with E-state index < -0.39 is 6.10 Å². The Hall–Kier alpha value is -1.62. The van der Waals surface area contributed by atoms with Gasteiger partial charge in [-0.05, 0) is 38.8 Å². The summed E-state index contributed by atoms with van der Waals surface area (Å²) in [5, 5.41) is 2.97. The Kier molecular flexibility index (Phi) is 7.15. The van der Waals surface area contributed by atoms with Crippen LogP contribution in [-0.4, -0.2) is 29.1 Å². The van der Waals surface area contributed by atoms with Crippen molar-refractivity contribution < 1.29 is 9.53 Å². The molecule has 0 spiro atoms. The smallest absolute Gasteiger partial charge is 0.260 e. The molecule has 5 nitrogen and oxygen atoms in total. The average Bonchev–Trinajstić information content (AvgIpc) is 2.45. The number of nitrogens with one attached hydrogen (secondary N) is 1. The SMILES string of the molecule is CCC(CC)NC(=O)C(C)Oc1ccc(CC(C)N)nc1. The van der Waals surface area contributed by atoms with Crippen LogP contribution in [0.15, 0.2) is 18.3 Å². The Morgan fingerprint density at radius 2 is 2.00 bits per heavy atom. The van der Waals surface area contributed by atoms with Gasteiger partial charge in [-0.25, -0.2) is 0 Å². The molecule has 2 unspecified atom stereocenters. The van der Waals surface area contributed by atoms with Gasteiger partial charge in [-0.1, -0.05) is 13.8 Å². The minimum atomic E-state index is -0.535. The van der Waals surface area contributed by atoms with Crippen LogP contribution in [0.3, 0.4) is 0 Å². The molecule has 0 aliphatic carbocycles. The van der Waals surface area contributed by atoms with Gasteiger partial charge in [0.2, 0.25) is 0 Å². The first-order chi connectivity index (χ1) is 9.96. The molecule has 118 valence electrons. The van der Waals surface area contributed by atoms with E-state index in [1.54, 1.807) is 13.1 Å². The minimum Gasteiger partial charge on any atom is -0.479 e. The lowest BCUT2D eigenvalue weighted by Crippen LogP contribution is -2.42. The number of hydrogen-bond acceptors (Lipinski definition) is 4. The van der Waals surface area contributed by atoms with Crippen LogP contribution in [-0.2, 0) is 11.2 Å². The predicted molar refractivity (Wildman–Crippen MR) is 84.2 cm³/mol. The van der Waals surface area contributed by atoms with E-state index in [0.29, 0.717) is 5.75 Å². The van der Waals surface area contributed by atoms with E-state index in [1.807, 2.05) is 19.1 Å². The summed E-state index contributed by atoms with van der Waals surface area (Å²) in [6.07, 6.45) is 3.67. The van der Waals surface area contributed by atoms with Crippen LogP contribution in [0.5, 0.6) is 5.75 Å². The third-order valence-corrected chi connectivity index (χ3v) is 3.34. The number of ether oxygens (including phenoxy) is 1. The van der Waals surface area contributed by atoms with E-state index in [1.165, 1.54) is 0 Å². The standard InChI is InChI=1S/C16H27N3O2/c1-5-13(6-2)19-16(20)12(4)21-15-8-7-14(18-10-15)9-11(3)17/h7-8,10-13H,5-6,9,17H2,1-4H3,(H,19,20). The number of carbonyl (C=O) groups is 1. The van der Waals surface area contributed by atoms with Crippen molar-refractivity contribution in [1.29, 1.82) is 0 Å². The van der Waals surface area contributed by atoms with Crippen molar-refractivity contribution in [3.63, 3.8) is 0 Å². The summed E-state index contributed by atoms with van der Waals surface area (Å²) in [7, 11) is 0. The minimum absolute atomic E-state index is 0.0778. The maximum absolute atomic E-state index is 12.0. The molecule has 21 heavy (non-hydrogen) atoms.